The predicted molar refractivity (Wildman–Crippen MR) is 119 cm³/mol. The van der Waals surface area contributed by atoms with Gasteiger partial charge in [0.05, 0.1) is 4.90 Å². The Balaban J connectivity index is 1.67. The largest absolute Gasteiger partial charge is 0.240 e. The van der Waals surface area contributed by atoms with E-state index in [0.29, 0.717) is 6.54 Å². The highest BCUT2D eigenvalue weighted by Gasteiger charge is 2.20. The predicted octanol–water partition coefficient (Wildman–Crippen LogP) is 5.26. The minimum absolute atomic E-state index is 0.0824. The maximum atomic E-state index is 12.8. The number of nitrogens with one attached hydrogen (secondary N) is 1. The molecule has 4 heteroatoms. The number of benzene rings is 4. The SMILES string of the molecule is Cc1ccc(S(=O)(=O)NC[C@H](c2ccccc2)c2ccc3ccccc3c2)cc1. The summed E-state index contributed by atoms with van der Waals surface area (Å²) in [7, 11) is -3.58. The Bertz CT molecular complexity index is 1220. The van der Waals surface area contributed by atoms with E-state index in [9.17, 15) is 8.42 Å². The van der Waals surface area contributed by atoms with Gasteiger partial charge in [-0.2, -0.15) is 0 Å². The topological polar surface area (TPSA) is 46.2 Å². The molecular weight excluding hydrogens is 378 g/mol. The van der Waals surface area contributed by atoms with Crippen LogP contribution in [-0.4, -0.2) is 15.0 Å². The molecule has 0 aliphatic carbocycles. The molecule has 3 nitrogen and oxygen atoms in total. The van der Waals surface area contributed by atoms with E-state index in [1.807, 2.05) is 61.5 Å². The van der Waals surface area contributed by atoms with E-state index in [1.165, 1.54) is 5.39 Å². The van der Waals surface area contributed by atoms with Gasteiger partial charge in [0.1, 0.15) is 0 Å². The van der Waals surface area contributed by atoms with Crippen molar-refractivity contribution >= 4 is 20.8 Å². The average molecular weight is 402 g/mol. The van der Waals surface area contributed by atoms with Crippen LogP contribution >= 0.6 is 0 Å². The van der Waals surface area contributed by atoms with Crippen molar-refractivity contribution in [1.29, 1.82) is 0 Å². The number of hydrogen-bond acceptors (Lipinski definition) is 2. The molecule has 4 aromatic carbocycles. The highest BCUT2D eigenvalue weighted by Crippen LogP contribution is 2.27. The lowest BCUT2D eigenvalue weighted by molar-refractivity contribution is 0.577. The summed E-state index contributed by atoms with van der Waals surface area (Å²) in [5.74, 6) is -0.0824. The molecule has 0 aliphatic rings. The molecule has 1 atom stereocenters. The first kappa shape index (κ1) is 19.4. The van der Waals surface area contributed by atoms with Gasteiger partial charge in [0.2, 0.25) is 10.0 Å². The molecule has 0 radical (unpaired) electrons. The van der Waals surface area contributed by atoms with Gasteiger partial charge in [0.25, 0.3) is 0 Å². The van der Waals surface area contributed by atoms with Crippen LogP contribution in [0.3, 0.4) is 0 Å². The third-order valence-electron chi connectivity index (χ3n) is 5.19. The summed E-state index contributed by atoms with van der Waals surface area (Å²) in [6, 6.07) is 31.5. The molecule has 0 heterocycles. The summed E-state index contributed by atoms with van der Waals surface area (Å²) >= 11 is 0. The van der Waals surface area contributed by atoms with E-state index in [-0.39, 0.29) is 10.8 Å². The second-order valence-corrected chi connectivity index (χ2v) is 9.00. The minimum atomic E-state index is -3.58. The van der Waals surface area contributed by atoms with Gasteiger partial charge in [0, 0.05) is 12.5 Å². The molecule has 0 aromatic heterocycles. The van der Waals surface area contributed by atoms with Crippen LogP contribution in [0.25, 0.3) is 10.8 Å². The minimum Gasteiger partial charge on any atom is -0.210 e. The van der Waals surface area contributed by atoms with E-state index < -0.39 is 10.0 Å². The normalized spacial score (nSPS) is 12.7. The van der Waals surface area contributed by atoms with Gasteiger partial charge in [-0.15, -0.1) is 0 Å². The monoisotopic (exact) mass is 401 g/mol. The fourth-order valence-electron chi connectivity index (χ4n) is 3.53. The number of fused-ring (bicyclic) bond motifs is 1. The van der Waals surface area contributed by atoms with E-state index in [0.717, 1.165) is 22.1 Å². The maximum absolute atomic E-state index is 12.8. The Morgan fingerprint density at radius 3 is 2.10 bits per heavy atom. The summed E-state index contributed by atoms with van der Waals surface area (Å²) in [6.45, 7) is 2.23. The molecule has 0 saturated heterocycles. The first-order valence-corrected chi connectivity index (χ1v) is 11.1. The van der Waals surface area contributed by atoms with Crippen LogP contribution in [0.4, 0.5) is 0 Å². The van der Waals surface area contributed by atoms with Crippen molar-refractivity contribution in [2.45, 2.75) is 17.7 Å². The van der Waals surface area contributed by atoms with Crippen LogP contribution in [0.15, 0.2) is 102 Å². The molecule has 1 N–H and O–H groups in total. The summed E-state index contributed by atoms with van der Waals surface area (Å²) in [5.41, 5.74) is 3.19. The smallest absolute Gasteiger partial charge is 0.210 e. The van der Waals surface area contributed by atoms with E-state index in [2.05, 4.69) is 35.1 Å². The number of sulfonamides is 1. The van der Waals surface area contributed by atoms with Crippen molar-refractivity contribution in [2.24, 2.45) is 0 Å². The summed E-state index contributed by atoms with van der Waals surface area (Å²) < 4.78 is 28.4. The first-order chi connectivity index (χ1) is 14.0. The van der Waals surface area contributed by atoms with Crippen molar-refractivity contribution in [1.82, 2.24) is 4.72 Å². The van der Waals surface area contributed by atoms with Gasteiger partial charge in [-0.25, -0.2) is 13.1 Å². The molecule has 0 spiro atoms. The van der Waals surface area contributed by atoms with E-state index >= 15 is 0 Å². The molecule has 146 valence electrons. The Morgan fingerprint density at radius 1 is 0.724 bits per heavy atom. The highest BCUT2D eigenvalue weighted by molar-refractivity contribution is 7.89. The average Bonchev–Trinajstić information content (AvgIpc) is 2.75. The van der Waals surface area contributed by atoms with Crippen molar-refractivity contribution < 1.29 is 8.42 Å². The van der Waals surface area contributed by atoms with Crippen LogP contribution in [-0.2, 0) is 10.0 Å². The van der Waals surface area contributed by atoms with Crippen LogP contribution in [0.5, 0.6) is 0 Å². The zero-order valence-corrected chi connectivity index (χ0v) is 17.1. The van der Waals surface area contributed by atoms with Gasteiger partial charge >= 0.3 is 0 Å². The Hall–Kier alpha value is -2.95. The summed E-state index contributed by atoms with van der Waals surface area (Å²) in [4.78, 5) is 0.286. The third-order valence-corrected chi connectivity index (χ3v) is 6.63. The van der Waals surface area contributed by atoms with Crippen LogP contribution in [0, 0.1) is 6.92 Å². The molecule has 0 aliphatic heterocycles. The molecule has 0 saturated carbocycles. The zero-order valence-electron chi connectivity index (χ0n) is 16.2. The molecule has 4 rings (SSSR count). The standard InChI is InChI=1S/C25H23NO2S/c1-19-11-15-24(16-12-19)29(27,28)26-18-25(21-8-3-2-4-9-21)23-14-13-20-7-5-6-10-22(20)17-23/h2-17,25-26H,18H2,1H3/t25-/m1/s1. The van der Waals surface area contributed by atoms with Gasteiger partial charge in [-0.1, -0.05) is 90.5 Å². The van der Waals surface area contributed by atoms with Gasteiger partial charge < -0.3 is 0 Å². The molecule has 0 unspecified atom stereocenters. The second-order valence-electron chi connectivity index (χ2n) is 7.23. The lowest BCUT2D eigenvalue weighted by Crippen LogP contribution is -2.29. The molecule has 0 bridgehead atoms. The van der Waals surface area contributed by atoms with E-state index in [4.69, 9.17) is 0 Å². The van der Waals surface area contributed by atoms with Crippen LogP contribution in [0.2, 0.25) is 0 Å². The van der Waals surface area contributed by atoms with Crippen molar-refractivity contribution in [2.75, 3.05) is 6.54 Å². The highest BCUT2D eigenvalue weighted by atomic mass is 32.2. The number of rotatable bonds is 6. The number of aryl methyl sites for hydroxylation is 1. The maximum Gasteiger partial charge on any atom is 0.240 e. The van der Waals surface area contributed by atoms with E-state index in [1.54, 1.807) is 12.1 Å². The Labute approximate surface area is 172 Å². The van der Waals surface area contributed by atoms with Crippen molar-refractivity contribution in [3.63, 3.8) is 0 Å². The molecule has 0 amide bonds. The lowest BCUT2D eigenvalue weighted by atomic mass is 9.90. The molecule has 0 fully saturated rings. The summed E-state index contributed by atoms with van der Waals surface area (Å²) in [5, 5.41) is 2.32. The quantitative estimate of drug-likeness (QED) is 0.479. The second kappa shape index (κ2) is 8.19. The van der Waals surface area contributed by atoms with Gasteiger partial charge in [0.15, 0.2) is 0 Å². The molecule has 29 heavy (non-hydrogen) atoms. The molecule has 4 aromatic rings. The molecular formula is C25H23NO2S. The Morgan fingerprint density at radius 2 is 1.38 bits per heavy atom. The van der Waals surface area contributed by atoms with Gasteiger partial charge in [-0.3, -0.25) is 0 Å². The van der Waals surface area contributed by atoms with Gasteiger partial charge in [-0.05, 0) is 41.0 Å². The number of hydrogen-bond donors (Lipinski definition) is 1. The Kier molecular flexibility index (Phi) is 5.47. The zero-order chi connectivity index (χ0) is 20.3. The lowest BCUT2D eigenvalue weighted by Gasteiger charge is -2.19. The fourth-order valence-corrected chi connectivity index (χ4v) is 4.58. The third kappa shape index (κ3) is 4.39. The van der Waals surface area contributed by atoms with Crippen molar-refractivity contribution in [3.8, 4) is 0 Å². The summed E-state index contributed by atoms with van der Waals surface area (Å²) in [6.07, 6.45) is 0. The van der Waals surface area contributed by atoms with Crippen LogP contribution < -0.4 is 4.72 Å². The van der Waals surface area contributed by atoms with Crippen LogP contribution in [0.1, 0.15) is 22.6 Å². The first-order valence-electron chi connectivity index (χ1n) is 9.63. The fraction of sp³-hybridized carbons (Fsp3) is 0.120. The van der Waals surface area contributed by atoms with Crippen molar-refractivity contribution in [3.05, 3.63) is 114 Å².